The van der Waals surface area contributed by atoms with E-state index in [9.17, 15) is 10.1 Å². The van der Waals surface area contributed by atoms with Gasteiger partial charge < -0.3 is 10.1 Å². The second kappa shape index (κ2) is 4.20. The van der Waals surface area contributed by atoms with Crippen molar-refractivity contribution in [3.05, 3.63) is 28.4 Å². The average Bonchev–Trinajstić information content (AvgIpc) is 2.35. The van der Waals surface area contributed by atoms with Crippen LogP contribution >= 0.6 is 0 Å². The van der Waals surface area contributed by atoms with Crippen LogP contribution < -0.4 is 10.1 Å². The molecule has 0 aliphatic rings. The van der Waals surface area contributed by atoms with Crippen molar-refractivity contribution in [1.29, 1.82) is 0 Å². The summed E-state index contributed by atoms with van der Waals surface area (Å²) in [6.07, 6.45) is 1.57. The van der Waals surface area contributed by atoms with Gasteiger partial charge in [-0.3, -0.25) is 10.1 Å². The molecule has 0 atom stereocenters. The first-order valence-electron chi connectivity index (χ1n) is 4.84. The Hall–Kier alpha value is -2.44. The van der Waals surface area contributed by atoms with E-state index in [-0.39, 0.29) is 11.6 Å². The Kier molecular flexibility index (Phi) is 2.73. The van der Waals surface area contributed by atoms with E-state index >= 15 is 0 Å². The highest BCUT2D eigenvalue weighted by Crippen LogP contribution is 2.37. The summed E-state index contributed by atoms with van der Waals surface area (Å²) in [5.74, 6) is -0.0504. The Bertz CT molecular complexity index is 585. The molecule has 88 valence electrons. The summed E-state index contributed by atoms with van der Waals surface area (Å²) < 4.78 is 4.92. The molecule has 17 heavy (non-hydrogen) atoms. The minimum absolute atomic E-state index is 0.0504. The first-order valence-corrected chi connectivity index (χ1v) is 4.84. The first-order chi connectivity index (χ1) is 8.19. The van der Waals surface area contributed by atoms with Gasteiger partial charge in [-0.25, -0.2) is 4.98 Å². The van der Waals surface area contributed by atoms with Crippen LogP contribution in [0.4, 0.5) is 11.4 Å². The van der Waals surface area contributed by atoms with E-state index in [1.54, 1.807) is 25.4 Å². The van der Waals surface area contributed by atoms with Crippen LogP contribution in [0.1, 0.15) is 0 Å². The molecule has 0 saturated carbocycles. The van der Waals surface area contributed by atoms with Gasteiger partial charge in [-0.2, -0.15) is 4.98 Å². The SMILES string of the molecule is CNc1c([N+](=O)[O-])c(OC)nc2ncccc12. The van der Waals surface area contributed by atoms with Crippen molar-refractivity contribution in [3.63, 3.8) is 0 Å². The summed E-state index contributed by atoms with van der Waals surface area (Å²) in [6, 6.07) is 3.41. The number of aromatic nitrogens is 2. The van der Waals surface area contributed by atoms with Gasteiger partial charge in [0.2, 0.25) is 0 Å². The highest BCUT2D eigenvalue weighted by atomic mass is 16.6. The first kappa shape index (κ1) is 11.1. The third-order valence-electron chi connectivity index (χ3n) is 2.33. The van der Waals surface area contributed by atoms with Gasteiger partial charge in [-0.1, -0.05) is 0 Å². The fraction of sp³-hybridized carbons (Fsp3) is 0.200. The predicted octanol–water partition coefficient (Wildman–Crippen LogP) is 1.59. The molecule has 0 aliphatic carbocycles. The van der Waals surface area contributed by atoms with Crippen LogP contribution in [0.3, 0.4) is 0 Å². The lowest BCUT2D eigenvalue weighted by Gasteiger charge is -2.08. The Labute approximate surface area is 96.6 Å². The number of fused-ring (bicyclic) bond motifs is 1. The Morgan fingerprint density at radius 3 is 2.88 bits per heavy atom. The van der Waals surface area contributed by atoms with Gasteiger partial charge in [-0.05, 0) is 12.1 Å². The third kappa shape index (κ3) is 1.71. The molecule has 0 aromatic carbocycles. The minimum atomic E-state index is -0.524. The molecule has 2 aromatic rings. The second-order valence-electron chi connectivity index (χ2n) is 3.23. The molecule has 0 aliphatic heterocycles. The van der Waals surface area contributed by atoms with Crippen LogP contribution in [0.15, 0.2) is 18.3 Å². The van der Waals surface area contributed by atoms with E-state index in [4.69, 9.17) is 4.74 Å². The third-order valence-corrected chi connectivity index (χ3v) is 2.33. The lowest BCUT2D eigenvalue weighted by atomic mass is 10.2. The Morgan fingerprint density at radius 2 is 2.29 bits per heavy atom. The number of nitrogens with one attached hydrogen (secondary N) is 1. The molecule has 0 amide bonds. The summed E-state index contributed by atoms with van der Waals surface area (Å²) >= 11 is 0. The molecule has 0 spiro atoms. The number of methoxy groups -OCH3 is 1. The molecule has 0 fully saturated rings. The average molecular weight is 234 g/mol. The van der Waals surface area contributed by atoms with Gasteiger partial charge in [0.15, 0.2) is 5.65 Å². The van der Waals surface area contributed by atoms with Crippen molar-refractivity contribution in [2.45, 2.75) is 0 Å². The van der Waals surface area contributed by atoms with E-state index in [1.165, 1.54) is 7.11 Å². The van der Waals surface area contributed by atoms with E-state index in [0.29, 0.717) is 16.7 Å². The molecule has 1 N–H and O–H groups in total. The van der Waals surface area contributed by atoms with Gasteiger partial charge in [0.1, 0.15) is 5.69 Å². The zero-order valence-electron chi connectivity index (χ0n) is 9.30. The van der Waals surface area contributed by atoms with Gasteiger partial charge >= 0.3 is 5.69 Å². The molecule has 0 radical (unpaired) electrons. The largest absolute Gasteiger partial charge is 0.476 e. The van der Waals surface area contributed by atoms with Crippen LogP contribution in [0.5, 0.6) is 5.88 Å². The van der Waals surface area contributed by atoms with Crippen LogP contribution in [-0.4, -0.2) is 29.0 Å². The fourth-order valence-electron chi connectivity index (χ4n) is 1.63. The minimum Gasteiger partial charge on any atom is -0.476 e. The maximum atomic E-state index is 11.0. The predicted molar refractivity (Wildman–Crippen MR) is 62.3 cm³/mol. The number of pyridine rings is 2. The number of hydrogen-bond acceptors (Lipinski definition) is 6. The number of nitro groups is 1. The van der Waals surface area contributed by atoms with Crippen molar-refractivity contribution < 1.29 is 9.66 Å². The summed E-state index contributed by atoms with van der Waals surface area (Å²) in [4.78, 5) is 18.6. The van der Waals surface area contributed by atoms with Crippen molar-refractivity contribution in [3.8, 4) is 5.88 Å². The number of nitrogens with zero attached hydrogens (tertiary/aromatic N) is 3. The number of anilines is 1. The van der Waals surface area contributed by atoms with Crippen LogP contribution in [-0.2, 0) is 0 Å². The topological polar surface area (TPSA) is 90.2 Å². The molecule has 7 nitrogen and oxygen atoms in total. The fourth-order valence-corrected chi connectivity index (χ4v) is 1.63. The summed E-state index contributed by atoms with van der Waals surface area (Å²) in [7, 11) is 2.94. The zero-order chi connectivity index (χ0) is 12.4. The maximum absolute atomic E-state index is 11.0. The van der Waals surface area contributed by atoms with Gasteiger partial charge in [-0.15, -0.1) is 0 Å². The Balaban J connectivity index is 2.89. The monoisotopic (exact) mass is 234 g/mol. The van der Waals surface area contributed by atoms with Crippen LogP contribution in [0.25, 0.3) is 11.0 Å². The van der Waals surface area contributed by atoms with Crippen molar-refractivity contribution in [1.82, 2.24) is 9.97 Å². The lowest BCUT2D eigenvalue weighted by Crippen LogP contribution is -2.03. The highest BCUT2D eigenvalue weighted by molar-refractivity contribution is 5.95. The Morgan fingerprint density at radius 1 is 1.53 bits per heavy atom. The smallest absolute Gasteiger partial charge is 0.354 e. The summed E-state index contributed by atoms with van der Waals surface area (Å²) in [5, 5.41) is 14.4. The van der Waals surface area contributed by atoms with E-state index in [0.717, 1.165) is 0 Å². The standard InChI is InChI=1S/C10H10N4O3/c1-11-7-6-4-3-5-12-9(6)13-10(17-2)8(7)14(15)16/h3-5H,1-2H3,(H,11,12,13). The molecule has 2 heterocycles. The summed E-state index contributed by atoms with van der Waals surface area (Å²) in [6.45, 7) is 0. The van der Waals surface area contributed by atoms with E-state index in [1.807, 2.05) is 0 Å². The van der Waals surface area contributed by atoms with Crippen molar-refractivity contribution in [2.24, 2.45) is 0 Å². The van der Waals surface area contributed by atoms with Gasteiger partial charge in [0, 0.05) is 18.6 Å². The van der Waals surface area contributed by atoms with Gasteiger partial charge in [0.25, 0.3) is 5.88 Å². The lowest BCUT2D eigenvalue weighted by molar-refractivity contribution is -0.385. The van der Waals surface area contributed by atoms with E-state index in [2.05, 4.69) is 15.3 Å². The molecule has 2 aromatic heterocycles. The molecule has 0 bridgehead atoms. The van der Waals surface area contributed by atoms with Crippen LogP contribution in [0, 0.1) is 10.1 Å². The molecule has 2 rings (SSSR count). The van der Waals surface area contributed by atoms with Gasteiger partial charge in [0.05, 0.1) is 12.0 Å². The molecule has 7 heteroatoms. The second-order valence-corrected chi connectivity index (χ2v) is 3.23. The molecule has 0 saturated heterocycles. The number of hydrogen-bond donors (Lipinski definition) is 1. The van der Waals surface area contributed by atoms with Crippen molar-refractivity contribution >= 4 is 22.4 Å². The number of ether oxygens (including phenoxy) is 1. The van der Waals surface area contributed by atoms with Crippen molar-refractivity contribution in [2.75, 3.05) is 19.5 Å². The summed E-state index contributed by atoms with van der Waals surface area (Å²) in [5.41, 5.74) is 0.569. The van der Waals surface area contributed by atoms with Crippen LogP contribution in [0.2, 0.25) is 0 Å². The molecule has 0 unspecified atom stereocenters. The maximum Gasteiger partial charge on any atom is 0.354 e. The zero-order valence-corrected chi connectivity index (χ0v) is 9.30. The molecular formula is C10H10N4O3. The van der Waals surface area contributed by atoms with E-state index < -0.39 is 4.92 Å². The number of rotatable bonds is 3. The normalized spacial score (nSPS) is 10.2. The molecular weight excluding hydrogens is 224 g/mol. The highest BCUT2D eigenvalue weighted by Gasteiger charge is 2.25. The quantitative estimate of drug-likeness (QED) is 0.640.